The van der Waals surface area contributed by atoms with E-state index < -0.39 is 21.7 Å². The number of sulfone groups is 1. The van der Waals surface area contributed by atoms with Gasteiger partial charge < -0.3 is 16.3 Å². The number of aromatic nitrogens is 1. The van der Waals surface area contributed by atoms with Crippen LogP contribution in [0.25, 0.3) is 0 Å². The fraction of sp³-hybridized carbons (Fsp3) is 0.480. The molecule has 9 heteroatoms. The summed E-state index contributed by atoms with van der Waals surface area (Å²) in [6.07, 6.45) is 3.04. The third-order valence-corrected chi connectivity index (χ3v) is 7.65. The maximum atomic E-state index is 12.8. The lowest BCUT2D eigenvalue weighted by atomic mass is 9.99. The molecule has 0 radical (unpaired) electrons. The minimum atomic E-state index is -3.43. The summed E-state index contributed by atoms with van der Waals surface area (Å²) < 4.78 is 25.5. The molecule has 1 amide bonds. The summed E-state index contributed by atoms with van der Waals surface area (Å²) >= 11 is 0. The van der Waals surface area contributed by atoms with E-state index in [4.69, 9.17) is 5.73 Å². The molecule has 1 aromatic heterocycles. The topological polar surface area (TPSA) is 133 Å². The van der Waals surface area contributed by atoms with E-state index >= 15 is 0 Å². The largest absolute Gasteiger partial charge is 0.619 e. The Morgan fingerprint density at radius 2 is 1.91 bits per heavy atom. The molecule has 1 heterocycles. The van der Waals surface area contributed by atoms with Crippen LogP contribution >= 0.6 is 0 Å². The summed E-state index contributed by atoms with van der Waals surface area (Å²) in [6, 6.07) is 10.9. The van der Waals surface area contributed by atoms with Gasteiger partial charge in [-0.2, -0.15) is 4.73 Å². The van der Waals surface area contributed by atoms with Gasteiger partial charge in [0.15, 0.2) is 27.5 Å². The summed E-state index contributed by atoms with van der Waals surface area (Å²) in [5.74, 6) is -1.80. The van der Waals surface area contributed by atoms with E-state index in [-0.39, 0.29) is 43.1 Å². The van der Waals surface area contributed by atoms with Crippen molar-refractivity contribution in [2.75, 3.05) is 18.1 Å². The summed E-state index contributed by atoms with van der Waals surface area (Å²) in [5, 5.41) is 14.5. The molecule has 2 aromatic rings. The summed E-state index contributed by atoms with van der Waals surface area (Å²) in [6.45, 7) is 3.96. The average Bonchev–Trinajstić information content (AvgIpc) is 2.79. The lowest BCUT2D eigenvalue weighted by Gasteiger charge is -2.17. The number of nitrogens with one attached hydrogen (secondary N) is 1. The predicted octanol–water partition coefficient (Wildman–Crippen LogP) is 1.78. The monoisotopic (exact) mass is 489 g/mol. The highest BCUT2D eigenvalue weighted by Gasteiger charge is 2.26. The second kappa shape index (κ2) is 13.2. The molecule has 8 nitrogen and oxygen atoms in total. The van der Waals surface area contributed by atoms with Crippen molar-refractivity contribution in [1.29, 1.82) is 0 Å². The molecule has 1 atom stereocenters. The van der Waals surface area contributed by atoms with Crippen molar-refractivity contribution in [3.8, 4) is 0 Å². The minimum absolute atomic E-state index is 0.0113. The zero-order valence-electron chi connectivity index (χ0n) is 20.0. The van der Waals surface area contributed by atoms with E-state index in [2.05, 4.69) is 5.32 Å². The van der Waals surface area contributed by atoms with Gasteiger partial charge in [-0.3, -0.25) is 9.59 Å². The molecule has 186 valence electrons. The van der Waals surface area contributed by atoms with E-state index in [1.807, 2.05) is 25.1 Å². The van der Waals surface area contributed by atoms with Crippen LogP contribution in [0.15, 0.2) is 42.6 Å². The third kappa shape index (κ3) is 8.87. The van der Waals surface area contributed by atoms with E-state index in [0.29, 0.717) is 29.8 Å². The van der Waals surface area contributed by atoms with Gasteiger partial charge in [-0.15, -0.1) is 0 Å². The Hall–Kier alpha value is -2.78. The van der Waals surface area contributed by atoms with Crippen molar-refractivity contribution in [2.45, 2.75) is 52.5 Å². The Labute approximate surface area is 202 Å². The van der Waals surface area contributed by atoms with E-state index in [9.17, 15) is 23.2 Å². The number of amides is 1. The Bertz CT molecular complexity index is 1090. The highest BCUT2D eigenvalue weighted by atomic mass is 32.2. The number of Topliss-reactive ketones (excluding diaryl/α,β-unsaturated/α-hetero) is 1. The van der Waals surface area contributed by atoms with Crippen LogP contribution in [0, 0.1) is 18.0 Å². The lowest BCUT2D eigenvalue weighted by Crippen LogP contribution is -2.39. The summed E-state index contributed by atoms with van der Waals surface area (Å²) in [7, 11) is -3.43. The first-order valence-electron chi connectivity index (χ1n) is 11.6. The molecule has 1 aromatic carbocycles. The maximum absolute atomic E-state index is 12.8. The fourth-order valence-corrected chi connectivity index (χ4v) is 5.57. The molecule has 0 saturated heterocycles. The van der Waals surface area contributed by atoms with Gasteiger partial charge in [-0.1, -0.05) is 36.8 Å². The molecular weight excluding hydrogens is 454 g/mol. The first-order valence-corrected chi connectivity index (χ1v) is 13.4. The van der Waals surface area contributed by atoms with Crippen molar-refractivity contribution in [3.63, 3.8) is 0 Å². The molecular formula is C25H35N3O5S. The smallest absolute Gasteiger partial charge is 0.224 e. The van der Waals surface area contributed by atoms with Crippen LogP contribution in [0.4, 0.5) is 0 Å². The fourth-order valence-electron chi connectivity index (χ4n) is 3.85. The van der Waals surface area contributed by atoms with Crippen LogP contribution in [0.1, 0.15) is 48.6 Å². The molecule has 3 N–H and O–H groups in total. The van der Waals surface area contributed by atoms with Gasteiger partial charge in [0.25, 0.3) is 0 Å². The first kappa shape index (κ1) is 27.5. The van der Waals surface area contributed by atoms with Gasteiger partial charge in [0.05, 0.1) is 18.2 Å². The zero-order valence-corrected chi connectivity index (χ0v) is 20.8. The van der Waals surface area contributed by atoms with Crippen molar-refractivity contribution >= 4 is 21.5 Å². The molecule has 0 aliphatic carbocycles. The maximum Gasteiger partial charge on any atom is 0.224 e. The van der Waals surface area contributed by atoms with Gasteiger partial charge in [0.1, 0.15) is 0 Å². The molecule has 1 unspecified atom stereocenters. The highest BCUT2D eigenvalue weighted by molar-refractivity contribution is 7.91. The minimum Gasteiger partial charge on any atom is -0.619 e. The average molecular weight is 490 g/mol. The van der Waals surface area contributed by atoms with Crippen LogP contribution in [-0.2, 0) is 38.8 Å². The Morgan fingerprint density at radius 3 is 2.59 bits per heavy atom. The van der Waals surface area contributed by atoms with Gasteiger partial charge in [0.2, 0.25) is 5.91 Å². The Kier molecular flexibility index (Phi) is 10.7. The Morgan fingerprint density at radius 1 is 1.15 bits per heavy atom. The van der Waals surface area contributed by atoms with Crippen molar-refractivity contribution < 1.29 is 22.7 Å². The summed E-state index contributed by atoms with van der Waals surface area (Å²) in [5.41, 5.74) is 9.32. The predicted molar refractivity (Wildman–Crippen MR) is 132 cm³/mol. The molecule has 0 aliphatic rings. The van der Waals surface area contributed by atoms with Gasteiger partial charge >= 0.3 is 0 Å². The second-order valence-electron chi connectivity index (χ2n) is 8.60. The number of pyridine rings is 1. The number of benzene rings is 1. The van der Waals surface area contributed by atoms with Crippen molar-refractivity contribution in [3.05, 3.63) is 70.2 Å². The molecule has 34 heavy (non-hydrogen) atoms. The second-order valence-corrected chi connectivity index (χ2v) is 10.8. The number of hydrogen-bond acceptors (Lipinski definition) is 6. The van der Waals surface area contributed by atoms with Crippen LogP contribution in [-0.4, -0.2) is 38.2 Å². The molecule has 0 fully saturated rings. The highest BCUT2D eigenvalue weighted by Crippen LogP contribution is 2.15. The zero-order chi connectivity index (χ0) is 25.1. The van der Waals surface area contributed by atoms with Crippen molar-refractivity contribution in [1.82, 2.24) is 5.32 Å². The van der Waals surface area contributed by atoms with Crippen LogP contribution in [0.3, 0.4) is 0 Å². The van der Waals surface area contributed by atoms with Gasteiger partial charge in [0, 0.05) is 37.3 Å². The molecule has 0 spiro atoms. The number of carbonyl (C=O) groups excluding carboxylic acids is 2. The van der Waals surface area contributed by atoms with E-state index in [0.717, 1.165) is 16.7 Å². The van der Waals surface area contributed by atoms with Crippen LogP contribution in [0.5, 0.6) is 0 Å². The molecule has 0 aliphatic heterocycles. The van der Waals surface area contributed by atoms with E-state index in [1.165, 1.54) is 6.20 Å². The quantitative estimate of drug-likeness (QED) is 0.307. The lowest BCUT2D eigenvalue weighted by molar-refractivity contribution is -0.614. The van der Waals surface area contributed by atoms with E-state index in [1.54, 1.807) is 25.1 Å². The number of rotatable bonds is 14. The van der Waals surface area contributed by atoms with Gasteiger partial charge in [-0.25, -0.2) is 8.42 Å². The van der Waals surface area contributed by atoms with Crippen molar-refractivity contribution in [2.24, 2.45) is 11.7 Å². The normalized spacial score (nSPS) is 12.3. The standard InChI is InChI=1S/C25H35N3O5S/c1-3-14-34(32,33)18-22(9-11-23-6-4-5-13-28(23)31)25(30)27-17-24(29)12-10-20-15-19(2)7-8-21(20)16-26/h4-8,13,15,22H,3,9-12,14,16-18,26H2,1-2H3,(H,27,30). The molecule has 0 bridgehead atoms. The number of aryl methyl sites for hydroxylation is 3. The summed E-state index contributed by atoms with van der Waals surface area (Å²) in [4.78, 5) is 25.3. The number of carbonyl (C=O) groups is 2. The number of hydrogen-bond donors (Lipinski definition) is 2. The van der Waals surface area contributed by atoms with Crippen LogP contribution in [0.2, 0.25) is 0 Å². The number of nitrogens with two attached hydrogens (primary N) is 1. The SMILES string of the molecule is CCCS(=O)(=O)CC(CCc1cccc[n+]1[O-])C(=O)NCC(=O)CCc1cc(C)ccc1CN. The van der Waals surface area contributed by atoms with Gasteiger partial charge in [-0.05, 0) is 37.3 Å². The molecule has 2 rings (SSSR count). The number of ketones is 1. The number of nitrogens with zero attached hydrogens (tertiary/aromatic N) is 1. The first-order chi connectivity index (χ1) is 16.1. The third-order valence-electron chi connectivity index (χ3n) is 5.71. The Balaban J connectivity index is 1.98. The molecule has 0 saturated carbocycles. The van der Waals surface area contributed by atoms with Crippen LogP contribution < -0.4 is 15.8 Å².